The van der Waals surface area contributed by atoms with Gasteiger partial charge in [-0.2, -0.15) is 0 Å². The quantitative estimate of drug-likeness (QED) is 0.780. The van der Waals surface area contributed by atoms with Crippen molar-refractivity contribution in [3.8, 4) is 5.75 Å². The van der Waals surface area contributed by atoms with E-state index in [1.807, 2.05) is 0 Å². The molecule has 21 heavy (non-hydrogen) atoms. The first-order chi connectivity index (χ1) is 9.79. The van der Waals surface area contributed by atoms with Gasteiger partial charge in [-0.15, -0.1) is 0 Å². The lowest BCUT2D eigenvalue weighted by Gasteiger charge is -2.10. The van der Waals surface area contributed by atoms with Crippen LogP contribution in [-0.2, 0) is 10.0 Å². The molecule has 2 rings (SSSR count). The zero-order valence-corrected chi connectivity index (χ0v) is 11.9. The van der Waals surface area contributed by atoms with E-state index in [2.05, 4.69) is 10.3 Å². The number of rotatable bonds is 3. The molecule has 0 saturated heterocycles. The number of aromatic nitrogens is 1. The Bertz CT molecular complexity index is 803. The number of nitrogens with zero attached hydrogens (tertiary/aromatic N) is 1. The predicted octanol–water partition coefficient (Wildman–Crippen LogP) is 0.995. The second kappa shape index (κ2) is 5.51. The molecule has 2 aromatic rings. The molecule has 0 bridgehead atoms. The summed E-state index contributed by atoms with van der Waals surface area (Å²) in [7, 11) is -3.79. The maximum atomic E-state index is 12.0. The summed E-state index contributed by atoms with van der Waals surface area (Å²) in [5.41, 5.74) is 1.02. The lowest BCUT2D eigenvalue weighted by atomic mass is 10.2. The van der Waals surface area contributed by atoms with Crippen molar-refractivity contribution in [1.29, 1.82) is 0 Å². The molecule has 0 unspecified atom stereocenters. The van der Waals surface area contributed by atoms with Gasteiger partial charge in [0.15, 0.2) is 0 Å². The minimum atomic E-state index is -3.79. The van der Waals surface area contributed by atoms with Crippen LogP contribution in [0.5, 0.6) is 5.75 Å². The summed E-state index contributed by atoms with van der Waals surface area (Å²) in [6.45, 7) is 1.64. The van der Waals surface area contributed by atoms with E-state index in [4.69, 9.17) is 5.14 Å². The average Bonchev–Trinajstić information content (AvgIpc) is 2.40. The van der Waals surface area contributed by atoms with Crippen LogP contribution in [0.1, 0.15) is 15.9 Å². The number of primary sulfonamides is 1. The minimum absolute atomic E-state index is 0.0373. The van der Waals surface area contributed by atoms with E-state index < -0.39 is 15.9 Å². The van der Waals surface area contributed by atoms with Gasteiger partial charge in [-0.1, -0.05) is 0 Å². The SMILES string of the molecule is Cc1cc(S(N)(=O)=O)ccc1NC(=O)c1ccncc1O. The number of sulfonamides is 1. The minimum Gasteiger partial charge on any atom is -0.505 e. The van der Waals surface area contributed by atoms with Gasteiger partial charge in [0.25, 0.3) is 5.91 Å². The molecule has 4 N–H and O–H groups in total. The fourth-order valence-electron chi connectivity index (χ4n) is 1.72. The molecule has 1 heterocycles. The third kappa shape index (κ3) is 3.36. The van der Waals surface area contributed by atoms with E-state index in [9.17, 15) is 18.3 Å². The van der Waals surface area contributed by atoms with Crippen LogP contribution in [-0.4, -0.2) is 24.4 Å². The van der Waals surface area contributed by atoms with Gasteiger partial charge in [0.1, 0.15) is 5.75 Å². The maximum absolute atomic E-state index is 12.0. The highest BCUT2D eigenvalue weighted by atomic mass is 32.2. The van der Waals surface area contributed by atoms with Crippen molar-refractivity contribution in [2.24, 2.45) is 5.14 Å². The van der Waals surface area contributed by atoms with Gasteiger partial charge in [-0.3, -0.25) is 9.78 Å². The first kappa shape index (κ1) is 14.9. The molecule has 0 aliphatic carbocycles. The molecule has 0 radical (unpaired) electrons. The summed E-state index contributed by atoms with van der Waals surface area (Å²) in [6, 6.07) is 5.46. The molecule has 1 amide bonds. The third-order valence-electron chi connectivity index (χ3n) is 2.82. The predicted molar refractivity (Wildman–Crippen MR) is 76.4 cm³/mol. The average molecular weight is 307 g/mol. The molecular formula is C13H13N3O4S. The van der Waals surface area contributed by atoms with Gasteiger partial charge >= 0.3 is 0 Å². The van der Waals surface area contributed by atoms with Crippen LogP contribution >= 0.6 is 0 Å². The number of anilines is 1. The first-order valence-corrected chi connectivity index (χ1v) is 7.41. The summed E-state index contributed by atoms with van der Waals surface area (Å²) in [4.78, 5) is 15.7. The van der Waals surface area contributed by atoms with E-state index in [0.29, 0.717) is 11.3 Å². The largest absolute Gasteiger partial charge is 0.505 e. The molecule has 1 aromatic carbocycles. The lowest BCUT2D eigenvalue weighted by Crippen LogP contribution is -2.15. The molecule has 8 heteroatoms. The Hall–Kier alpha value is -2.45. The summed E-state index contributed by atoms with van der Waals surface area (Å²) in [6.07, 6.45) is 2.54. The number of carbonyl (C=O) groups is 1. The smallest absolute Gasteiger partial charge is 0.259 e. The highest BCUT2D eigenvalue weighted by Gasteiger charge is 2.14. The lowest BCUT2D eigenvalue weighted by molar-refractivity contribution is 0.102. The van der Waals surface area contributed by atoms with Crippen LogP contribution in [0.4, 0.5) is 5.69 Å². The van der Waals surface area contributed by atoms with Crippen molar-refractivity contribution in [1.82, 2.24) is 4.98 Å². The van der Waals surface area contributed by atoms with Crippen LogP contribution in [0.15, 0.2) is 41.6 Å². The fourth-order valence-corrected chi connectivity index (χ4v) is 2.32. The molecule has 7 nitrogen and oxygen atoms in total. The summed E-state index contributed by atoms with van der Waals surface area (Å²) < 4.78 is 22.5. The van der Waals surface area contributed by atoms with Gasteiger partial charge < -0.3 is 10.4 Å². The highest BCUT2D eigenvalue weighted by Crippen LogP contribution is 2.21. The van der Waals surface area contributed by atoms with Crippen LogP contribution in [0.2, 0.25) is 0 Å². The van der Waals surface area contributed by atoms with Gasteiger partial charge in [0, 0.05) is 11.9 Å². The summed E-state index contributed by atoms with van der Waals surface area (Å²) >= 11 is 0. The first-order valence-electron chi connectivity index (χ1n) is 5.87. The zero-order valence-electron chi connectivity index (χ0n) is 11.1. The number of pyridine rings is 1. The molecule has 0 saturated carbocycles. The van der Waals surface area contributed by atoms with Crippen molar-refractivity contribution in [2.75, 3.05) is 5.32 Å². The number of nitrogens with two attached hydrogens (primary N) is 1. The van der Waals surface area contributed by atoms with Crippen molar-refractivity contribution < 1.29 is 18.3 Å². The fraction of sp³-hybridized carbons (Fsp3) is 0.0769. The normalized spacial score (nSPS) is 11.1. The Labute approximate surface area is 121 Å². The van der Waals surface area contributed by atoms with E-state index in [0.717, 1.165) is 6.20 Å². The van der Waals surface area contributed by atoms with Gasteiger partial charge in [0.05, 0.1) is 16.7 Å². The molecule has 0 fully saturated rings. The van der Waals surface area contributed by atoms with Crippen molar-refractivity contribution in [3.63, 3.8) is 0 Å². The molecule has 1 aromatic heterocycles. The van der Waals surface area contributed by atoms with Gasteiger partial charge in [-0.05, 0) is 36.8 Å². The number of nitrogens with one attached hydrogen (secondary N) is 1. The topological polar surface area (TPSA) is 122 Å². The molecular weight excluding hydrogens is 294 g/mol. The Morgan fingerprint density at radius 1 is 1.33 bits per heavy atom. The van der Waals surface area contributed by atoms with Gasteiger partial charge in [-0.25, -0.2) is 13.6 Å². The third-order valence-corrected chi connectivity index (χ3v) is 3.73. The number of benzene rings is 1. The number of aromatic hydroxyl groups is 1. The number of aryl methyl sites for hydroxylation is 1. The standard InChI is InChI=1S/C13H13N3O4S/c1-8-6-9(21(14,19)20)2-3-11(8)16-13(18)10-4-5-15-7-12(10)17/h2-7,17H,1H3,(H,16,18)(H2,14,19,20). The van der Waals surface area contributed by atoms with E-state index >= 15 is 0 Å². The molecule has 110 valence electrons. The van der Waals surface area contributed by atoms with Crippen LogP contribution in [0.3, 0.4) is 0 Å². The van der Waals surface area contributed by atoms with Crippen LogP contribution < -0.4 is 10.5 Å². The molecule has 0 aliphatic heterocycles. The summed E-state index contributed by atoms with van der Waals surface area (Å²) in [5, 5.41) is 17.2. The number of carbonyl (C=O) groups excluding carboxylic acids is 1. The van der Waals surface area contributed by atoms with E-state index in [1.165, 1.54) is 30.5 Å². The van der Waals surface area contributed by atoms with Gasteiger partial charge in [0.2, 0.25) is 10.0 Å². The molecule has 0 aliphatic rings. The van der Waals surface area contributed by atoms with Crippen LogP contribution in [0.25, 0.3) is 0 Å². The number of amides is 1. The maximum Gasteiger partial charge on any atom is 0.259 e. The van der Waals surface area contributed by atoms with E-state index in [-0.39, 0.29) is 16.2 Å². The highest BCUT2D eigenvalue weighted by molar-refractivity contribution is 7.89. The zero-order chi connectivity index (χ0) is 15.6. The molecule has 0 atom stereocenters. The number of hydrogen-bond acceptors (Lipinski definition) is 5. The second-order valence-corrected chi connectivity index (χ2v) is 5.93. The second-order valence-electron chi connectivity index (χ2n) is 4.37. The monoisotopic (exact) mass is 307 g/mol. The molecule has 0 spiro atoms. The van der Waals surface area contributed by atoms with Crippen molar-refractivity contribution in [3.05, 3.63) is 47.8 Å². The Kier molecular flexibility index (Phi) is 3.92. The Morgan fingerprint density at radius 3 is 2.62 bits per heavy atom. The Balaban J connectivity index is 2.29. The van der Waals surface area contributed by atoms with Crippen molar-refractivity contribution in [2.45, 2.75) is 11.8 Å². The van der Waals surface area contributed by atoms with E-state index in [1.54, 1.807) is 6.92 Å². The summed E-state index contributed by atoms with van der Waals surface area (Å²) in [5.74, 6) is -0.768. The van der Waals surface area contributed by atoms with Crippen LogP contribution in [0, 0.1) is 6.92 Å². The number of hydrogen-bond donors (Lipinski definition) is 3. The van der Waals surface area contributed by atoms with Crippen molar-refractivity contribution >= 4 is 21.6 Å². The Morgan fingerprint density at radius 2 is 2.05 bits per heavy atom.